The maximum absolute atomic E-state index is 9.80. The van der Waals surface area contributed by atoms with E-state index in [1.54, 1.807) is 7.11 Å². The predicted octanol–water partition coefficient (Wildman–Crippen LogP) is 1.39. The van der Waals surface area contributed by atoms with Crippen molar-refractivity contribution in [2.24, 2.45) is 5.73 Å². The van der Waals surface area contributed by atoms with Crippen LogP contribution < -0.4 is 10.5 Å². The van der Waals surface area contributed by atoms with Crippen molar-refractivity contribution < 1.29 is 9.84 Å². The van der Waals surface area contributed by atoms with Gasteiger partial charge in [-0.05, 0) is 32.0 Å². The van der Waals surface area contributed by atoms with Gasteiger partial charge in [-0.3, -0.25) is 0 Å². The summed E-state index contributed by atoms with van der Waals surface area (Å²) < 4.78 is 5.17. The van der Waals surface area contributed by atoms with Gasteiger partial charge < -0.3 is 15.6 Å². The van der Waals surface area contributed by atoms with Crippen molar-refractivity contribution >= 4 is 0 Å². The average Bonchev–Trinajstić information content (AvgIpc) is 2.18. The van der Waals surface area contributed by atoms with Crippen molar-refractivity contribution in [3.05, 3.63) is 29.3 Å². The summed E-state index contributed by atoms with van der Waals surface area (Å²) in [7, 11) is 1.60. The Hall–Kier alpha value is -1.06. The number of aliphatic hydroxyl groups excluding tert-OH is 1. The second-order valence-corrected chi connectivity index (χ2v) is 3.34. The number of benzene rings is 1. The molecule has 3 heteroatoms. The quantitative estimate of drug-likeness (QED) is 0.763. The summed E-state index contributed by atoms with van der Waals surface area (Å²) in [6, 6.07) is 5.75. The van der Waals surface area contributed by atoms with E-state index in [0.29, 0.717) is 13.0 Å². The van der Waals surface area contributed by atoms with Gasteiger partial charge in [0.15, 0.2) is 0 Å². The van der Waals surface area contributed by atoms with Crippen LogP contribution in [-0.2, 0) is 0 Å². The van der Waals surface area contributed by atoms with Gasteiger partial charge in [-0.15, -0.1) is 0 Å². The first-order chi connectivity index (χ1) is 6.69. The molecule has 0 aliphatic heterocycles. The lowest BCUT2D eigenvalue weighted by molar-refractivity contribution is 0.166. The molecule has 1 rings (SSSR count). The van der Waals surface area contributed by atoms with Crippen LogP contribution in [0.5, 0.6) is 5.75 Å². The Morgan fingerprint density at radius 1 is 1.50 bits per heavy atom. The Morgan fingerprint density at radius 3 is 2.79 bits per heavy atom. The topological polar surface area (TPSA) is 55.5 Å². The lowest BCUT2D eigenvalue weighted by atomic mass is 10.0. The van der Waals surface area contributed by atoms with Gasteiger partial charge in [0.1, 0.15) is 5.75 Å². The number of methoxy groups -OCH3 is 1. The van der Waals surface area contributed by atoms with Crippen molar-refractivity contribution in [2.75, 3.05) is 13.7 Å². The molecule has 14 heavy (non-hydrogen) atoms. The highest BCUT2D eigenvalue weighted by molar-refractivity contribution is 5.38. The Kier molecular flexibility index (Phi) is 3.92. The third kappa shape index (κ3) is 2.47. The number of hydrogen-bond acceptors (Lipinski definition) is 3. The van der Waals surface area contributed by atoms with Gasteiger partial charge in [0.05, 0.1) is 13.2 Å². The second kappa shape index (κ2) is 4.98. The molecule has 0 aliphatic rings. The Balaban J connectivity index is 2.97. The van der Waals surface area contributed by atoms with E-state index in [1.807, 2.05) is 25.1 Å². The second-order valence-electron chi connectivity index (χ2n) is 3.34. The van der Waals surface area contributed by atoms with Crippen molar-refractivity contribution in [3.8, 4) is 5.75 Å². The van der Waals surface area contributed by atoms with E-state index in [0.717, 1.165) is 16.9 Å². The van der Waals surface area contributed by atoms with Crippen LogP contribution in [0.15, 0.2) is 18.2 Å². The lowest BCUT2D eigenvalue weighted by Crippen LogP contribution is -2.08. The first kappa shape index (κ1) is 11.0. The number of rotatable bonds is 4. The number of aryl methyl sites for hydroxylation is 1. The van der Waals surface area contributed by atoms with Crippen molar-refractivity contribution in [3.63, 3.8) is 0 Å². The van der Waals surface area contributed by atoms with Crippen LogP contribution in [-0.4, -0.2) is 18.8 Å². The van der Waals surface area contributed by atoms with E-state index in [9.17, 15) is 5.11 Å². The largest absolute Gasteiger partial charge is 0.496 e. The Bertz CT molecular complexity index is 299. The summed E-state index contributed by atoms with van der Waals surface area (Å²) in [6.07, 6.45) is 0.0228. The molecule has 1 atom stereocenters. The van der Waals surface area contributed by atoms with E-state index < -0.39 is 6.10 Å². The van der Waals surface area contributed by atoms with Gasteiger partial charge in [0.25, 0.3) is 0 Å². The average molecular weight is 195 g/mol. The monoisotopic (exact) mass is 195 g/mol. The summed E-state index contributed by atoms with van der Waals surface area (Å²) >= 11 is 0. The SMILES string of the molecule is COc1ccc(C)cc1C(O)CCN. The molecule has 0 aliphatic carbocycles. The van der Waals surface area contributed by atoms with Gasteiger partial charge >= 0.3 is 0 Å². The van der Waals surface area contributed by atoms with Gasteiger partial charge in [0.2, 0.25) is 0 Å². The van der Waals surface area contributed by atoms with Crippen LogP contribution in [0, 0.1) is 6.92 Å². The zero-order valence-corrected chi connectivity index (χ0v) is 8.66. The van der Waals surface area contributed by atoms with Crippen LogP contribution in [0.1, 0.15) is 23.7 Å². The van der Waals surface area contributed by atoms with Crippen LogP contribution >= 0.6 is 0 Å². The summed E-state index contributed by atoms with van der Waals surface area (Å²) in [6.45, 7) is 2.45. The van der Waals surface area contributed by atoms with Crippen LogP contribution in [0.25, 0.3) is 0 Å². The molecule has 0 aromatic heterocycles. The molecular weight excluding hydrogens is 178 g/mol. The first-order valence-electron chi connectivity index (χ1n) is 4.71. The minimum atomic E-state index is -0.533. The predicted molar refractivity (Wildman–Crippen MR) is 56.4 cm³/mol. The molecule has 3 N–H and O–H groups in total. The van der Waals surface area contributed by atoms with Gasteiger partial charge in [-0.1, -0.05) is 11.6 Å². The zero-order chi connectivity index (χ0) is 10.6. The van der Waals surface area contributed by atoms with Gasteiger partial charge in [0, 0.05) is 5.56 Å². The van der Waals surface area contributed by atoms with Crippen LogP contribution in [0.3, 0.4) is 0 Å². The Labute approximate surface area is 84.5 Å². The normalized spacial score (nSPS) is 12.6. The van der Waals surface area contributed by atoms with Crippen LogP contribution in [0.2, 0.25) is 0 Å². The molecule has 3 nitrogen and oxygen atoms in total. The van der Waals surface area contributed by atoms with Crippen molar-refractivity contribution in [1.82, 2.24) is 0 Å². The highest BCUT2D eigenvalue weighted by atomic mass is 16.5. The third-order valence-corrected chi connectivity index (χ3v) is 2.18. The minimum absolute atomic E-state index is 0.470. The third-order valence-electron chi connectivity index (χ3n) is 2.18. The molecule has 0 saturated carbocycles. The highest BCUT2D eigenvalue weighted by Crippen LogP contribution is 2.27. The maximum atomic E-state index is 9.80. The highest BCUT2D eigenvalue weighted by Gasteiger charge is 2.12. The molecule has 0 spiro atoms. The molecule has 1 aromatic rings. The standard InChI is InChI=1S/C11H17NO2/c1-8-3-4-11(14-2)9(7-8)10(13)5-6-12/h3-4,7,10,13H,5-6,12H2,1-2H3. The summed E-state index contributed by atoms with van der Waals surface area (Å²) in [5.74, 6) is 0.719. The fourth-order valence-corrected chi connectivity index (χ4v) is 1.43. The molecular formula is C11H17NO2. The summed E-state index contributed by atoms with van der Waals surface area (Å²) in [4.78, 5) is 0. The number of hydrogen-bond donors (Lipinski definition) is 2. The molecule has 1 aromatic carbocycles. The molecule has 1 unspecified atom stereocenters. The Morgan fingerprint density at radius 2 is 2.21 bits per heavy atom. The molecule has 0 amide bonds. The van der Waals surface area contributed by atoms with Crippen LogP contribution in [0.4, 0.5) is 0 Å². The molecule has 0 saturated heterocycles. The van der Waals surface area contributed by atoms with Crippen molar-refractivity contribution in [1.29, 1.82) is 0 Å². The molecule has 0 fully saturated rings. The molecule has 0 bridgehead atoms. The fourth-order valence-electron chi connectivity index (χ4n) is 1.43. The smallest absolute Gasteiger partial charge is 0.124 e. The molecule has 0 heterocycles. The van der Waals surface area contributed by atoms with E-state index in [4.69, 9.17) is 10.5 Å². The van der Waals surface area contributed by atoms with Crippen molar-refractivity contribution in [2.45, 2.75) is 19.4 Å². The molecule has 0 radical (unpaired) electrons. The van der Waals surface area contributed by atoms with Gasteiger partial charge in [-0.25, -0.2) is 0 Å². The van der Waals surface area contributed by atoms with E-state index in [-0.39, 0.29) is 0 Å². The maximum Gasteiger partial charge on any atom is 0.124 e. The van der Waals surface area contributed by atoms with E-state index >= 15 is 0 Å². The van der Waals surface area contributed by atoms with Gasteiger partial charge in [-0.2, -0.15) is 0 Å². The van der Waals surface area contributed by atoms with E-state index in [2.05, 4.69) is 0 Å². The summed E-state index contributed by atoms with van der Waals surface area (Å²) in [5, 5.41) is 9.80. The number of nitrogens with two attached hydrogens (primary N) is 1. The fraction of sp³-hybridized carbons (Fsp3) is 0.455. The van der Waals surface area contributed by atoms with E-state index in [1.165, 1.54) is 0 Å². The number of aliphatic hydroxyl groups is 1. The lowest BCUT2D eigenvalue weighted by Gasteiger charge is -2.14. The number of ether oxygens (including phenoxy) is 1. The minimum Gasteiger partial charge on any atom is -0.496 e. The zero-order valence-electron chi connectivity index (χ0n) is 8.66. The summed E-state index contributed by atoms with van der Waals surface area (Å²) in [5.41, 5.74) is 7.32. The first-order valence-corrected chi connectivity index (χ1v) is 4.71. The molecule has 78 valence electrons.